The van der Waals surface area contributed by atoms with Crippen LogP contribution in [0.3, 0.4) is 0 Å². The molecule has 0 unspecified atom stereocenters. The number of hydrogen-bond acceptors (Lipinski definition) is 4. The van der Waals surface area contributed by atoms with Crippen molar-refractivity contribution < 1.29 is 4.92 Å². The number of hydrogen-bond donors (Lipinski definition) is 2. The normalized spacial score (nSPS) is 11.2. The summed E-state index contributed by atoms with van der Waals surface area (Å²) in [5.74, 6) is 0. The lowest BCUT2D eigenvalue weighted by Gasteiger charge is -2.20. The molecule has 2 N–H and O–H groups in total. The third-order valence-electron chi connectivity index (χ3n) is 2.19. The van der Waals surface area contributed by atoms with Gasteiger partial charge >= 0.3 is 0 Å². The molecule has 5 nitrogen and oxygen atoms in total. The summed E-state index contributed by atoms with van der Waals surface area (Å²) in [6.45, 7) is 7.96. The Balaban J connectivity index is 2.35. The van der Waals surface area contributed by atoms with Crippen molar-refractivity contribution in [1.82, 2.24) is 5.32 Å². The Bertz CT molecular complexity index is 368. The van der Waals surface area contributed by atoms with Gasteiger partial charge in [0.1, 0.15) is 0 Å². The first kappa shape index (κ1) is 13.4. The zero-order valence-corrected chi connectivity index (χ0v) is 10.5. The molecule has 94 valence electrons. The number of non-ortho nitro benzene ring substituents is 1. The van der Waals surface area contributed by atoms with Gasteiger partial charge in [0.05, 0.1) is 4.92 Å². The molecule has 0 spiro atoms. The van der Waals surface area contributed by atoms with Crippen LogP contribution in [-0.4, -0.2) is 23.6 Å². The summed E-state index contributed by atoms with van der Waals surface area (Å²) in [6.07, 6.45) is 0. The number of nitrogens with zero attached hydrogens (tertiary/aromatic N) is 1. The van der Waals surface area contributed by atoms with E-state index in [0.29, 0.717) is 0 Å². The second-order valence-corrected chi connectivity index (χ2v) is 4.91. The maximum absolute atomic E-state index is 10.5. The summed E-state index contributed by atoms with van der Waals surface area (Å²) in [7, 11) is 0. The van der Waals surface area contributed by atoms with Crippen molar-refractivity contribution in [2.75, 3.05) is 18.4 Å². The van der Waals surface area contributed by atoms with Gasteiger partial charge in [-0.15, -0.1) is 0 Å². The number of nitro groups is 1. The molecule has 17 heavy (non-hydrogen) atoms. The molecule has 5 heteroatoms. The van der Waals surface area contributed by atoms with Crippen LogP contribution in [0.1, 0.15) is 20.8 Å². The van der Waals surface area contributed by atoms with Crippen LogP contribution in [0.25, 0.3) is 0 Å². The monoisotopic (exact) mass is 237 g/mol. The van der Waals surface area contributed by atoms with E-state index in [-0.39, 0.29) is 11.2 Å². The predicted octanol–water partition coefficient (Wildman–Crippen LogP) is 2.39. The summed E-state index contributed by atoms with van der Waals surface area (Å²) in [6, 6.07) is 6.43. The van der Waals surface area contributed by atoms with E-state index in [9.17, 15) is 10.1 Å². The lowest BCUT2D eigenvalue weighted by Crippen LogP contribution is -2.38. The molecule has 0 aliphatic heterocycles. The second kappa shape index (κ2) is 5.63. The van der Waals surface area contributed by atoms with Crippen LogP contribution in [-0.2, 0) is 0 Å². The fourth-order valence-corrected chi connectivity index (χ4v) is 1.35. The molecule has 0 aromatic heterocycles. The quantitative estimate of drug-likeness (QED) is 0.469. The molecular weight excluding hydrogens is 218 g/mol. The molecule has 0 amide bonds. The molecule has 0 heterocycles. The van der Waals surface area contributed by atoms with E-state index in [1.807, 2.05) is 0 Å². The Hall–Kier alpha value is -1.62. The van der Waals surface area contributed by atoms with Crippen molar-refractivity contribution in [3.63, 3.8) is 0 Å². The van der Waals surface area contributed by atoms with Gasteiger partial charge < -0.3 is 10.6 Å². The molecule has 0 bridgehead atoms. The number of nitro benzene ring substituents is 1. The minimum Gasteiger partial charge on any atom is -0.384 e. The summed E-state index contributed by atoms with van der Waals surface area (Å²) in [5.41, 5.74) is 1.12. The number of anilines is 1. The summed E-state index contributed by atoms with van der Waals surface area (Å²) < 4.78 is 0. The van der Waals surface area contributed by atoms with Crippen molar-refractivity contribution in [3.8, 4) is 0 Å². The number of benzene rings is 1. The fourth-order valence-electron chi connectivity index (χ4n) is 1.35. The Morgan fingerprint density at radius 3 is 2.24 bits per heavy atom. The standard InChI is InChI=1S/C12H19N3O2/c1-12(2,3)14-9-8-13-10-4-6-11(7-5-10)15(16)17/h4-7,13-14H,8-9H2,1-3H3. The summed E-state index contributed by atoms with van der Waals surface area (Å²) in [4.78, 5) is 10.1. The van der Waals surface area contributed by atoms with Crippen LogP contribution < -0.4 is 10.6 Å². The highest BCUT2D eigenvalue weighted by molar-refractivity contribution is 5.48. The Labute approximate surface area is 101 Å². The third-order valence-corrected chi connectivity index (χ3v) is 2.19. The van der Waals surface area contributed by atoms with E-state index in [4.69, 9.17) is 0 Å². The second-order valence-electron chi connectivity index (χ2n) is 4.91. The first-order valence-electron chi connectivity index (χ1n) is 5.62. The van der Waals surface area contributed by atoms with E-state index in [1.54, 1.807) is 12.1 Å². The van der Waals surface area contributed by atoms with Crippen molar-refractivity contribution in [2.24, 2.45) is 0 Å². The van der Waals surface area contributed by atoms with Crippen LogP contribution in [0, 0.1) is 10.1 Å². The molecule has 0 saturated carbocycles. The van der Waals surface area contributed by atoms with Gasteiger partial charge in [0, 0.05) is 36.4 Å². The van der Waals surface area contributed by atoms with Gasteiger partial charge in [0.15, 0.2) is 0 Å². The summed E-state index contributed by atoms with van der Waals surface area (Å²) >= 11 is 0. The van der Waals surface area contributed by atoms with Crippen LogP contribution in [0.2, 0.25) is 0 Å². The zero-order valence-electron chi connectivity index (χ0n) is 10.5. The van der Waals surface area contributed by atoms with Crippen molar-refractivity contribution in [1.29, 1.82) is 0 Å². The Morgan fingerprint density at radius 1 is 1.18 bits per heavy atom. The number of nitrogens with one attached hydrogen (secondary N) is 2. The Kier molecular flexibility index (Phi) is 4.45. The minimum absolute atomic E-state index is 0.108. The molecule has 0 radical (unpaired) electrons. The van der Waals surface area contributed by atoms with E-state index in [0.717, 1.165) is 18.8 Å². The Morgan fingerprint density at radius 2 is 1.76 bits per heavy atom. The fraction of sp³-hybridized carbons (Fsp3) is 0.500. The lowest BCUT2D eigenvalue weighted by atomic mass is 10.1. The van der Waals surface area contributed by atoms with Crippen LogP contribution in [0.4, 0.5) is 11.4 Å². The number of rotatable bonds is 5. The highest BCUT2D eigenvalue weighted by atomic mass is 16.6. The molecule has 0 saturated heterocycles. The van der Waals surface area contributed by atoms with Gasteiger partial charge in [0.25, 0.3) is 5.69 Å². The average molecular weight is 237 g/mol. The van der Waals surface area contributed by atoms with Gasteiger partial charge in [-0.2, -0.15) is 0 Å². The van der Waals surface area contributed by atoms with Crippen molar-refractivity contribution in [3.05, 3.63) is 34.4 Å². The molecule has 0 aliphatic rings. The third kappa shape index (κ3) is 5.31. The van der Waals surface area contributed by atoms with E-state index in [2.05, 4.69) is 31.4 Å². The zero-order chi connectivity index (χ0) is 12.9. The minimum atomic E-state index is -0.398. The van der Waals surface area contributed by atoms with Crippen LogP contribution in [0.5, 0.6) is 0 Å². The van der Waals surface area contributed by atoms with Crippen molar-refractivity contribution >= 4 is 11.4 Å². The predicted molar refractivity (Wildman–Crippen MR) is 69.3 cm³/mol. The first-order valence-corrected chi connectivity index (χ1v) is 5.62. The molecule has 0 aliphatic carbocycles. The smallest absolute Gasteiger partial charge is 0.269 e. The maximum Gasteiger partial charge on any atom is 0.269 e. The molecule has 0 atom stereocenters. The molecular formula is C12H19N3O2. The van der Waals surface area contributed by atoms with Gasteiger partial charge in [-0.05, 0) is 32.9 Å². The first-order chi connectivity index (χ1) is 7.88. The lowest BCUT2D eigenvalue weighted by molar-refractivity contribution is -0.384. The van der Waals surface area contributed by atoms with Crippen LogP contribution >= 0.6 is 0 Å². The van der Waals surface area contributed by atoms with Gasteiger partial charge in [-0.25, -0.2) is 0 Å². The SMILES string of the molecule is CC(C)(C)NCCNc1ccc([N+](=O)[O-])cc1. The highest BCUT2D eigenvalue weighted by Gasteiger charge is 2.07. The topological polar surface area (TPSA) is 67.2 Å². The molecule has 0 fully saturated rings. The molecule has 1 rings (SSSR count). The van der Waals surface area contributed by atoms with E-state index in [1.165, 1.54) is 12.1 Å². The van der Waals surface area contributed by atoms with Gasteiger partial charge in [-0.1, -0.05) is 0 Å². The molecule has 1 aromatic rings. The average Bonchev–Trinajstić information content (AvgIpc) is 2.24. The van der Waals surface area contributed by atoms with E-state index < -0.39 is 4.92 Å². The largest absolute Gasteiger partial charge is 0.384 e. The van der Waals surface area contributed by atoms with Crippen molar-refractivity contribution in [2.45, 2.75) is 26.3 Å². The van der Waals surface area contributed by atoms with Gasteiger partial charge in [0.2, 0.25) is 0 Å². The summed E-state index contributed by atoms with van der Waals surface area (Å²) in [5, 5.41) is 17.0. The van der Waals surface area contributed by atoms with E-state index >= 15 is 0 Å². The van der Waals surface area contributed by atoms with Crippen LogP contribution in [0.15, 0.2) is 24.3 Å². The highest BCUT2D eigenvalue weighted by Crippen LogP contribution is 2.14. The molecule has 1 aromatic carbocycles. The maximum atomic E-state index is 10.5. The van der Waals surface area contributed by atoms with Gasteiger partial charge in [-0.3, -0.25) is 10.1 Å².